The Balaban J connectivity index is 2.34. The van der Waals surface area contributed by atoms with Crippen molar-refractivity contribution in [3.8, 4) is 0 Å². The monoisotopic (exact) mass is 175 g/mol. The van der Waals surface area contributed by atoms with Crippen LogP contribution in [0.2, 0.25) is 0 Å². The van der Waals surface area contributed by atoms with Crippen LogP contribution < -0.4 is 5.32 Å². The minimum absolute atomic E-state index is 0.629. The maximum Gasteiger partial charge on any atom is 0.0374 e. The molecule has 1 nitrogen and oxygen atoms in total. The molecule has 0 spiro atoms. The van der Waals surface area contributed by atoms with Crippen molar-refractivity contribution in [2.75, 3.05) is 5.32 Å². The Morgan fingerprint density at radius 3 is 3.08 bits per heavy atom. The molecule has 2 rings (SSSR count). The van der Waals surface area contributed by atoms with Crippen LogP contribution in [0.1, 0.15) is 30.9 Å². The minimum atomic E-state index is 0.629. The van der Waals surface area contributed by atoms with Gasteiger partial charge >= 0.3 is 0 Å². The molecule has 0 saturated carbocycles. The summed E-state index contributed by atoms with van der Waals surface area (Å²) < 4.78 is 0. The van der Waals surface area contributed by atoms with Gasteiger partial charge in [0.05, 0.1) is 0 Å². The first-order chi connectivity index (χ1) is 6.25. The Morgan fingerprint density at radius 2 is 2.23 bits per heavy atom. The van der Waals surface area contributed by atoms with Crippen molar-refractivity contribution in [3.05, 3.63) is 29.3 Å². The van der Waals surface area contributed by atoms with Crippen LogP contribution in [0.15, 0.2) is 18.2 Å². The second-order valence-corrected chi connectivity index (χ2v) is 4.10. The Hall–Kier alpha value is -0.980. The zero-order valence-electron chi connectivity index (χ0n) is 8.43. The van der Waals surface area contributed by atoms with Gasteiger partial charge in [0.1, 0.15) is 0 Å². The fraction of sp³-hybridized carbons (Fsp3) is 0.500. The number of nitrogens with one attached hydrogen (secondary N) is 1. The zero-order valence-corrected chi connectivity index (χ0v) is 8.43. The lowest BCUT2D eigenvalue weighted by molar-refractivity contribution is 0.674. The molecule has 1 aliphatic heterocycles. The Kier molecular flexibility index (Phi) is 2.26. The van der Waals surface area contributed by atoms with Crippen LogP contribution in [0.25, 0.3) is 0 Å². The third kappa shape index (κ3) is 1.85. The van der Waals surface area contributed by atoms with Gasteiger partial charge in [-0.2, -0.15) is 0 Å². The summed E-state index contributed by atoms with van der Waals surface area (Å²) in [7, 11) is 0. The van der Waals surface area contributed by atoms with Crippen LogP contribution in [0.3, 0.4) is 0 Å². The lowest BCUT2D eigenvalue weighted by Crippen LogP contribution is -2.13. The molecule has 1 heteroatoms. The van der Waals surface area contributed by atoms with Crippen LogP contribution in [0.5, 0.6) is 0 Å². The lowest BCUT2D eigenvalue weighted by Gasteiger charge is -2.12. The smallest absolute Gasteiger partial charge is 0.0374 e. The topological polar surface area (TPSA) is 12.0 Å². The van der Waals surface area contributed by atoms with E-state index in [-0.39, 0.29) is 0 Å². The third-order valence-corrected chi connectivity index (χ3v) is 2.75. The van der Waals surface area contributed by atoms with Crippen LogP contribution in [-0.2, 0) is 6.42 Å². The molecule has 0 saturated heterocycles. The standard InChI is InChI=1S/C12H17N/c1-9-6-7-12-11(8-9)5-3-4-10(2)13-12/h6-8,10,13H,3-5H2,1-2H3. The number of hydrogen-bond donors (Lipinski definition) is 1. The molecule has 1 aliphatic rings. The molecule has 1 heterocycles. The van der Waals surface area contributed by atoms with Gasteiger partial charge in [-0.3, -0.25) is 0 Å². The van der Waals surface area contributed by atoms with Crippen molar-refractivity contribution >= 4 is 5.69 Å². The van der Waals surface area contributed by atoms with Crippen molar-refractivity contribution < 1.29 is 0 Å². The summed E-state index contributed by atoms with van der Waals surface area (Å²) in [6.07, 6.45) is 3.83. The van der Waals surface area contributed by atoms with E-state index < -0.39 is 0 Å². The number of aryl methyl sites for hydroxylation is 2. The van der Waals surface area contributed by atoms with Gasteiger partial charge in [0.15, 0.2) is 0 Å². The van der Waals surface area contributed by atoms with Gasteiger partial charge in [-0.15, -0.1) is 0 Å². The largest absolute Gasteiger partial charge is 0.382 e. The van der Waals surface area contributed by atoms with Crippen molar-refractivity contribution in [2.45, 2.75) is 39.2 Å². The van der Waals surface area contributed by atoms with Gasteiger partial charge in [-0.05, 0) is 44.7 Å². The predicted molar refractivity (Wildman–Crippen MR) is 57.2 cm³/mol. The molecule has 13 heavy (non-hydrogen) atoms. The lowest BCUT2D eigenvalue weighted by atomic mass is 10.1. The Labute approximate surface area is 80.2 Å². The van der Waals surface area contributed by atoms with Crippen molar-refractivity contribution in [1.29, 1.82) is 0 Å². The Bertz CT molecular complexity index is 304. The molecule has 70 valence electrons. The summed E-state index contributed by atoms with van der Waals surface area (Å²) in [5.74, 6) is 0. The highest BCUT2D eigenvalue weighted by molar-refractivity contribution is 5.53. The van der Waals surface area contributed by atoms with Crippen LogP contribution in [-0.4, -0.2) is 6.04 Å². The molecule has 0 amide bonds. The average Bonchev–Trinajstić information content (AvgIpc) is 2.25. The maximum atomic E-state index is 3.55. The number of fused-ring (bicyclic) bond motifs is 1. The highest BCUT2D eigenvalue weighted by Gasteiger charge is 2.11. The quantitative estimate of drug-likeness (QED) is 0.638. The fourth-order valence-corrected chi connectivity index (χ4v) is 2.01. The molecule has 0 aliphatic carbocycles. The Morgan fingerprint density at radius 1 is 1.38 bits per heavy atom. The second-order valence-electron chi connectivity index (χ2n) is 4.10. The van der Waals surface area contributed by atoms with Crippen molar-refractivity contribution in [3.63, 3.8) is 0 Å². The maximum absolute atomic E-state index is 3.55. The van der Waals surface area contributed by atoms with Gasteiger partial charge in [0.25, 0.3) is 0 Å². The molecule has 1 aromatic carbocycles. The molecule has 1 N–H and O–H groups in total. The van der Waals surface area contributed by atoms with E-state index in [4.69, 9.17) is 0 Å². The van der Waals surface area contributed by atoms with E-state index in [1.807, 2.05) is 0 Å². The van der Waals surface area contributed by atoms with Gasteiger partial charge in [-0.1, -0.05) is 17.7 Å². The van der Waals surface area contributed by atoms with Crippen molar-refractivity contribution in [1.82, 2.24) is 0 Å². The number of anilines is 1. The molecular formula is C12H17N. The highest BCUT2D eigenvalue weighted by Crippen LogP contribution is 2.24. The minimum Gasteiger partial charge on any atom is -0.382 e. The van der Waals surface area contributed by atoms with Gasteiger partial charge < -0.3 is 5.32 Å². The summed E-state index contributed by atoms with van der Waals surface area (Å²) in [5.41, 5.74) is 4.20. The van der Waals surface area contributed by atoms with E-state index >= 15 is 0 Å². The third-order valence-electron chi connectivity index (χ3n) is 2.75. The van der Waals surface area contributed by atoms with Crippen LogP contribution in [0, 0.1) is 6.92 Å². The first-order valence-electron chi connectivity index (χ1n) is 5.12. The molecule has 0 fully saturated rings. The van der Waals surface area contributed by atoms with E-state index in [9.17, 15) is 0 Å². The zero-order chi connectivity index (χ0) is 9.26. The SMILES string of the molecule is Cc1ccc2c(c1)CCCC(C)N2. The van der Waals surface area contributed by atoms with Gasteiger partial charge in [0.2, 0.25) is 0 Å². The van der Waals surface area contributed by atoms with Crippen molar-refractivity contribution in [2.24, 2.45) is 0 Å². The van der Waals surface area contributed by atoms with Crippen LogP contribution in [0.4, 0.5) is 5.69 Å². The molecule has 0 bridgehead atoms. The molecule has 1 unspecified atom stereocenters. The van der Waals surface area contributed by atoms with E-state index in [0.717, 1.165) is 0 Å². The summed E-state index contributed by atoms with van der Waals surface area (Å²) in [4.78, 5) is 0. The molecule has 1 aromatic rings. The highest BCUT2D eigenvalue weighted by atomic mass is 14.9. The molecular weight excluding hydrogens is 158 g/mol. The van der Waals surface area contributed by atoms with E-state index in [1.54, 1.807) is 0 Å². The fourth-order valence-electron chi connectivity index (χ4n) is 2.01. The van der Waals surface area contributed by atoms with E-state index in [1.165, 1.54) is 36.1 Å². The average molecular weight is 175 g/mol. The number of hydrogen-bond acceptors (Lipinski definition) is 1. The summed E-state index contributed by atoms with van der Waals surface area (Å²) in [6, 6.07) is 7.33. The molecule has 0 radical (unpaired) electrons. The number of benzene rings is 1. The van der Waals surface area contributed by atoms with E-state index in [2.05, 4.69) is 37.4 Å². The van der Waals surface area contributed by atoms with Crippen LogP contribution >= 0.6 is 0 Å². The summed E-state index contributed by atoms with van der Waals surface area (Å²) in [5, 5.41) is 3.55. The first kappa shape index (κ1) is 8.61. The number of rotatable bonds is 0. The van der Waals surface area contributed by atoms with E-state index in [0.29, 0.717) is 6.04 Å². The van der Waals surface area contributed by atoms with Gasteiger partial charge in [-0.25, -0.2) is 0 Å². The normalized spacial score (nSPS) is 21.5. The summed E-state index contributed by atoms with van der Waals surface area (Å²) >= 11 is 0. The second kappa shape index (κ2) is 3.41. The molecule has 0 aromatic heterocycles. The van der Waals surface area contributed by atoms with Gasteiger partial charge in [0, 0.05) is 11.7 Å². The first-order valence-corrected chi connectivity index (χ1v) is 5.12. The predicted octanol–water partition coefficient (Wildman–Crippen LogP) is 3.13. The summed E-state index contributed by atoms with van der Waals surface area (Å²) in [6.45, 7) is 4.42. The molecule has 1 atom stereocenters.